The predicted octanol–water partition coefficient (Wildman–Crippen LogP) is 3.42. The zero-order valence-corrected chi connectivity index (χ0v) is 14.3. The summed E-state index contributed by atoms with van der Waals surface area (Å²) in [5.41, 5.74) is 4.84. The lowest BCUT2D eigenvalue weighted by molar-refractivity contribution is 0.134. The maximum atomic E-state index is 12.9. The lowest BCUT2D eigenvalue weighted by Crippen LogP contribution is -2.20. The summed E-state index contributed by atoms with van der Waals surface area (Å²) in [7, 11) is 1.80. The number of nitrogens with zero attached hydrogens (tertiary/aromatic N) is 3. The van der Waals surface area contributed by atoms with Gasteiger partial charge in [-0.25, -0.2) is 4.98 Å². The van der Waals surface area contributed by atoms with Gasteiger partial charge in [0.2, 0.25) is 0 Å². The molecule has 0 amide bonds. The van der Waals surface area contributed by atoms with Crippen molar-refractivity contribution in [3.63, 3.8) is 0 Å². The summed E-state index contributed by atoms with van der Waals surface area (Å²) in [5.74, 6) is 0.648. The summed E-state index contributed by atoms with van der Waals surface area (Å²) >= 11 is 0. The number of aryl methyl sites for hydroxylation is 1. The molecule has 0 atom stereocenters. The van der Waals surface area contributed by atoms with E-state index in [2.05, 4.69) is 17.1 Å². The molecule has 1 aliphatic rings. The molecule has 0 unspecified atom stereocenters. The van der Waals surface area contributed by atoms with E-state index in [1.807, 2.05) is 47.2 Å². The molecule has 0 N–H and O–H groups in total. The zero-order chi connectivity index (χ0) is 17.7. The van der Waals surface area contributed by atoms with Crippen LogP contribution in [0.2, 0.25) is 0 Å². The minimum atomic E-state index is -0.0550. The van der Waals surface area contributed by atoms with E-state index in [1.165, 1.54) is 11.1 Å². The lowest BCUT2D eigenvalue weighted by atomic mass is 10.1. The fraction of sp³-hybridized carbons (Fsp3) is 0.143. The van der Waals surface area contributed by atoms with Crippen LogP contribution in [-0.2, 0) is 25.0 Å². The van der Waals surface area contributed by atoms with Gasteiger partial charge in [0.05, 0.1) is 24.3 Å². The SMILES string of the molecule is Cn1c(=O)c(-c2nccn2-c2ccc3c(c2)COC3)cc2ccccc21. The molecule has 5 nitrogen and oxygen atoms in total. The van der Waals surface area contributed by atoms with Crippen molar-refractivity contribution in [1.82, 2.24) is 14.1 Å². The summed E-state index contributed by atoms with van der Waals surface area (Å²) < 4.78 is 9.15. The van der Waals surface area contributed by atoms with Crippen LogP contribution in [0.25, 0.3) is 28.0 Å². The first-order valence-electron chi connectivity index (χ1n) is 8.55. The van der Waals surface area contributed by atoms with Crippen molar-refractivity contribution < 1.29 is 4.74 Å². The van der Waals surface area contributed by atoms with E-state index in [-0.39, 0.29) is 5.56 Å². The Kier molecular flexibility index (Phi) is 3.30. The maximum Gasteiger partial charge on any atom is 0.261 e. The Labute approximate surface area is 150 Å². The number of hydrogen-bond donors (Lipinski definition) is 0. The average Bonchev–Trinajstić information content (AvgIpc) is 3.33. The first kappa shape index (κ1) is 15.1. The van der Waals surface area contributed by atoms with Crippen LogP contribution >= 0.6 is 0 Å². The first-order valence-corrected chi connectivity index (χ1v) is 8.55. The van der Waals surface area contributed by atoms with Crippen molar-refractivity contribution in [2.24, 2.45) is 7.05 Å². The number of pyridine rings is 1. The molecule has 2 aromatic heterocycles. The number of fused-ring (bicyclic) bond motifs is 2. The maximum absolute atomic E-state index is 12.9. The van der Waals surface area contributed by atoms with Crippen LogP contribution < -0.4 is 5.56 Å². The number of imidazole rings is 1. The molecule has 0 fully saturated rings. The highest BCUT2D eigenvalue weighted by molar-refractivity contribution is 5.83. The van der Waals surface area contributed by atoms with Crippen LogP contribution in [0.1, 0.15) is 11.1 Å². The highest BCUT2D eigenvalue weighted by atomic mass is 16.5. The van der Waals surface area contributed by atoms with E-state index in [0.29, 0.717) is 24.6 Å². The van der Waals surface area contributed by atoms with Gasteiger partial charge in [0.15, 0.2) is 0 Å². The van der Waals surface area contributed by atoms with Crippen LogP contribution in [0, 0.1) is 0 Å². The second-order valence-corrected chi connectivity index (χ2v) is 6.55. The molecule has 2 aromatic carbocycles. The van der Waals surface area contributed by atoms with Gasteiger partial charge in [-0.3, -0.25) is 9.36 Å². The van der Waals surface area contributed by atoms with Crippen LogP contribution in [0.15, 0.2) is 65.7 Å². The number of hydrogen-bond acceptors (Lipinski definition) is 3. The fourth-order valence-electron chi connectivity index (χ4n) is 3.60. The number of benzene rings is 2. The normalized spacial score (nSPS) is 13.3. The molecular weight excluding hydrogens is 326 g/mol. The van der Waals surface area contributed by atoms with Gasteiger partial charge in [-0.05, 0) is 40.8 Å². The van der Waals surface area contributed by atoms with Crippen LogP contribution in [0.5, 0.6) is 0 Å². The van der Waals surface area contributed by atoms with Crippen molar-refractivity contribution in [3.8, 4) is 17.1 Å². The van der Waals surface area contributed by atoms with Crippen molar-refractivity contribution in [2.45, 2.75) is 13.2 Å². The standard InChI is InChI=1S/C21H17N3O2/c1-23-19-5-3-2-4-14(19)11-18(21(23)25)20-22-8-9-24(20)17-7-6-15-12-26-13-16(15)10-17/h2-11H,12-13H2,1H3. The highest BCUT2D eigenvalue weighted by Gasteiger charge is 2.17. The Bertz CT molecular complexity index is 1200. The van der Waals surface area contributed by atoms with Crippen molar-refractivity contribution >= 4 is 10.9 Å². The molecule has 0 spiro atoms. The van der Waals surface area contributed by atoms with Crippen LogP contribution in [-0.4, -0.2) is 14.1 Å². The average molecular weight is 343 g/mol. The van der Waals surface area contributed by atoms with Gasteiger partial charge in [0, 0.05) is 25.1 Å². The third kappa shape index (κ3) is 2.21. The topological polar surface area (TPSA) is 49.0 Å². The van der Waals surface area contributed by atoms with Crippen molar-refractivity contribution in [3.05, 3.63) is 82.4 Å². The van der Waals surface area contributed by atoms with Gasteiger partial charge in [-0.2, -0.15) is 0 Å². The summed E-state index contributed by atoms with van der Waals surface area (Å²) in [6.45, 7) is 1.29. The van der Waals surface area contributed by atoms with Gasteiger partial charge >= 0.3 is 0 Å². The summed E-state index contributed by atoms with van der Waals surface area (Å²) in [6, 6.07) is 16.0. The van der Waals surface area contributed by atoms with E-state index in [4.69, 9.17) is 4.74 Å². The van der Waals surface area contributed by atoms with Gasteiger partial charge in [-0.15, -0.1) is 0 Å². The quantitative estimate of drug-likeness (QED) is 0.560. The number of ether oxygens (including phenoxy) is 1. The van der Waals surface area contributed by atoms with E-state index < -0.39 is 0 Å². The molecule has 5 rings (SSSR count). The Balaban J connectivity index is 1.72. The number of para-hydroxylation sites is 1. The summed E-state index contributed by atoms with van der Waals surface area (Å²) in [5, 5.41) is 1.02. The molecule has 26 heavy (non-hydrogen) atoms. The molecule has 5 heteroatoms. The summed E-state index contributed by atoms with van der Waals surface area (Å²) in [6.07, 6.45) is 3.62. The van der Waals surface area contributed by atoms with E-state index >= 15 is 0 Å². The molecule has 0 aliphatic carbocycles. The van der Waals surface area contributed by atoms with Gasteiger partial charge in [0.25, 0.3) is 5.56 Å². The molecule has 0 bridgehead atoms. The Morgan fingerprint density at radius 1 is 1.04 bits per heavy atom. The van der Waals surface area contributed by atoms with Crippen molar-refractivity contribution in [1.29, 1.82) is 0 Å². The first-order chi connectivity index (χ1) is 12.7. The van der Waals surface area contributed by atoms with Gasteiger partial charge in [-0.1, -0.05) is 24.3 Å². The van der Waals surface area contributed by atoms with Gasteiger partial charge < -0.3 is 9.30 Å². The van der Waals surface area contributed by atoms with Gasteiger partial charge in [0.1, 0.15) is 5.82 Å². The third-order valence-electron chi connectivity index (χ3n) is 5.00. The van der Waals surface area contributed by atoms with E-state index in [0.717, 1.165) is 16.6 Å². The molecule has 3 heterocycles. The fourth-order valence-corrected chi connectivity index (χ4v) is 3.60. The molecular formula is C21H17N3O2. The van der Waals surface area contributed by atoms with Crippen LogP contribution in [0.3, 0.4) is 0 Å². The summed E-state index contributed by atoms with van der Waals surface area (Å²) in [4.78, 5) is 17.4. The molecule has 0 saturated carbocycles. The Morgan fingerprint density at radius 3 is 2.81 bits per heavy atom. The molecule has 128 valence electrons. The molecule has 0 radical (unpaired) electrons. The van der Waals surface area contributed by atoms with E-state index in [1.54, 1.807) is 17.8 Å². The minimum absolute atomic E-state index is 0.0550. The Hall–Kier alpha value is -3.18. The minimum Gasteiger partial charge on any atom is -0.372 e. The largest absolute Gasteiger partial charge is 0.372 e. The number of aromatic nitrogens is 3. The second-order valence-electron chi connectivity index (χ2n) is 6.55. The van der Waals surface area contributed by atoms with Crippen molar-refractivity contribution in [2.75, 3.05) is 0 Å². The molecule has 0 saturated heterocycles. The number of rotatable bonds is 2. The predicted molar refractivity (Wildman–Crippen MR) is 100 cm³/mol. The monoisotopic (exact) mass is 343 g/mol. The zero-order valence-electron chi connectivity index (χ0n) is 14.3. The third-order valence-corrected chi connectivity index (χ3v) is 5.00. The lowest BCUT2D eigenvalue weighted by Gasteiger charge is -2.12. The molecule has 1 aliphatic heterocycles. The smallest absolute Gasteiger partial charge is 0.261 e. The Morgan fingerprint density at radius 2 is 1.88 bits per heavy atom. The highest BCUT2D eigenvalue weighted by Crippen LogP contribution is 2.26. The van der Waals surface area contributed by atoms with E-state index in [9.17, 15) is 4.79 Å². The molecule has 4 aromatic rings. The van der Waals surface area contributed by atoms with Crippen LogP contribution in [0.4, 0.5) is 0 Å². The second kappa shape index (κ2) is 5.68.